The van der Waals surface area contributed by atoms with Crippen LogP contribution < -0.4 is 5.73 Å². The molecule has 0 aromatic heterocycles. The van der Waals surface area contributed by atoms with E-state index >= 15 is 0 Å². The highest BCUT2D eigenvalue weighted by atomic mass is 16.5. The van der Waals surface area contributed by atoms with Crippen molar-refractivity contribution in [1.82, 2.24) is 4.90 Å². The van der Waals surface area contributed by atoms with Gasteiger partial charge in [-0.1, -0.05) is 13.8 Å². The molecular formula is C14H30N2O. The van der Waals surface area contributed by atoms with E-state index in [4.69, 9.17) is 10.5 Å². The van der Waals surface area contributed by atoms with Crippen LogP contribution in [0.5, 0.6) is 0 Å². The van der Waals surface area contributed by atoms with Crippen molar-refractivity contribution in [3.8, 4) is 0 Å². The number of hydrogen-bond acceptors (Lipinski definition) is 3. The summed E-state index contributed by atoms with van der Waals surface area (Å²) in [4.78, 5) is 2.53. The summed E-state index contributed by atoms with van der Waals surface area (Å²) in [7, 11) is 2.25. The maximum absolute atomic E-state index is 6.11. The lowest BCUT2D eigenvalue weighted by molar-refractivity contribution is -0.107. The predicted octanol–water partition coefficient (Wildman–Crippen LogP) is 2.39. The van der Waals surface area contributed by atoms with Crippen LogP contribution in [0.3, 0.4) is 0 Å². The monoisotopic (exact) mass is 242 g/mol. The van der Waals surface area contributed by atoms with E-state index in [0.717, 1.165) is 19.4 Å². The first-order valence-electron chi connectivity index (χ1n) is 7.07. The van der Waals surface area contributed by atoms with Crippen molar-refractivity contribution in [2.75, 3.05) is 13.6 Å². The lowest BCUT2D eigenvalue weighted by atomic mass is 9.81. The number of ether oxygens (including phenoxy) is 1. The summed E-state index contributed by atoms with van der Waals surface area (Å²) in [5, 5.41) is 0. The molecule has 0 aromatic rings. The van der Waals surface area contributed by atoms with Crippen LogP contribution in [0.4, 0.5) is 0 Å². The first kappa shape index (κ1) is 14.9. The van der Waals surface area contributed by atoms with Gasteiger partial charge in [0.05, 0.1) is 12.2 Å². The van der Waals surface area contributed by atoms with E-state index in [9.17, 15) is 0 Å². The number of hydrogen-bond donors (Lipinski definition) is 1. The normalized spacial score (nSPS) is 34.6. The smallest absolute Gasteiger partial charge is 0.0568 e. The lowest BCUT2D eigenvalue weighted by Gasteiger charge is -2.50. The summed E-state index contributed by atoms with van der Waals surface area (Å²) in [5.41, 5.74) is 6.25. The molecule has 102 valence electrons. The molecule has 0 saturated carbocycles. The van der Waals surface area contributed by atoms with Gasteiger partial charge >= 0.3 is 0 Å². The molecule has 0 aliphatic carbocycles. The second kappa shape index (κ2) is 6.17. The molecule has 0 spiro atoms. The molecular weight excluding hydrogens is 212 g/mol. The van der Waals surface area contributed by atoms with Crippen LogP contribution in [0.25, 0.3) is 0 Å². The summed E-state index contributed by atoms with van der Waals surface area (Å²) >= 11 is 0. The molecule has 3 nitrogen and oxygen atoms in total. The minimum absolute atomic E-state index is 0.133. The summed E-state index contributed by atoms with van der Waals surface area (Å²) < 4.78 is 5.86. The number of rotatable bonds is 5. The largest absolute Gasteiger partial charge is 0.375 e. The van der Waals surface area contributed by atoms with E-state index in [1.54, 1.807) is 0 Å². The van der Waals surface area contributed by atoms with Gasteiger partial charge in [0, 0.05) is 18.1 Å². The molecule has 0 aromatic carbocycles. The average Bonchev–Trinajstić information content (AvgIpc) is 2.29. The number of nitrogens with zero attached hydrogens (tertiary/aromatic N) is 1. The topological polar surface area (TPSA) is 38.5 Å². The fourth-order valence-corrected chi connectivity index (χ4v) is 3.47. The second-order valence-corrected chi connectivity index (χ2v) is 5.68. The Morgan fingerprint density at radius 3 is 2.06 bits per heavy atom. The maximum Gasteiger partial charge on any atom is 0.0568 e. The van der Waals surface area contributed by atoms with Crippen LogP contribution in [0, 0.1) is 0 Å². The van der Waals surface area contributed by atoms with Gasteiger partial charge in [-0.2, -0.15) is 0 Å². The summed E-state index contributed by atoms with van der Waals surface area (Å²) in [6.07, 6.45) is 5.14. The average molecular weight is 242 g/mol. The molecule has 1 rings (SSSR count). The number of likely N-dealkylation sites (N-methyl/N-ethyl adjacent to an activating group) is 1. The third-order valence-electron chi connectivity index (χ3n) is 4.42. The molecule has 0 amide bonds. The second-order valence-electron chi connectivity index (χ2n) is 5.68. The van der Waals surface area contributed by atoms with Gasteiger partial charge in [-0.05, 0) is 46.6 Å². The maximum atomic E-state index is 6.11. The fourth-order valence-electron chi connectivity index (χ4n) is 3.47. The Morgan fingerprint density at radius 2 is 1.71 bits per heavy atom. The Bertz CT molecular complexity index is 218. The van der Waals surface area contributed by atoms with Crippen molar-refractivity contribution < 1.29 is 4.74 Å². The molecule has 0 radical (unpaired) electrons. The molecule has 2 atom stereocenters. The third-order valence-corrected chi connectivity index (χ3v) is 4.42. The van der Waals surface area contributed by atoms with Gasteiger partial charge in [0.1, 0.15) is 0 Å². The van der Waals surface area contributed by atoms with Gasteiger partial charge < -0.3 is 10.5 Å². The third kappa shape index (κ3) is 3.21. The van der Waals surface area contributed by atoms with Crippen molar-refractivity contribution >= 4 is 0 Å². The van der Waals surface area contributed by atoms with Crippen LogP contribution in [-0.4, -0.2) is 42.3 Å². The molecule has 2 unspecified atom stereocenters. The van der Waals surface area contributed by atoms with Gasteiger partial charge in [-0.25, -0.2) is 0 Å². The minimum Gasteiger partial charge on any atom is -0.375 e. The van der Waals surface area contributed by atoms with E-state index in [-0.39, 0.29) is 5.54 Å². The zero-order chi connectivity index (χ0) is 13.1. The zero-order valence-electron chi connectivity index (χ0n) is 12.2. The summed E-state index contributed by atoms with van der Waals surface area (Å²) in [6, 6.07) is 0.635. The predicted molar refractivity (Wildman–Crippen MR) is 73.2 cm³/mol. The molecule has 0 bridgehead atoms. The van der Waals surface area contributed by atoms with E-state index in [2.05, 4.69) is 39.6 Å². The molecule has 1 heterocycles. The van der Waals surface area contributed by atoms with E-state index in [1.807, 2.05) is 0 Å². The first-order valence-corrected chi connectivity index (χ1v) is 7.07. The quantitative estimate of drug-likeness (QED) is 0.804. The summed E-state index contributed by atoms with van der Waals surface area (Å²) in [6.45, 7) is 9.60. The van der Waals surface area contributed by atoms with Crippen molar-refractivity contribution in [2.24, 2.45) is 5.73 Å². The molecule has 1 aliphatic rings. The minimum atomic E-state index is 0.133. The lowest BCUT2D eigenvalue weighted by Crippen LogP contribution is -2.60. The molecule has 1 fully saturated rings. The van der Waals surface area contributed by atoms with Crippen LogP contribution in [0.1, 0.15) is 53.4 Å². The highest BCUT2D eigenvalue weighted by Gasteiger charge is 2.42. The molecule has 17 heavy (non-hydrogen) atoms. The highest BCUT2D eigenvalue weighted by molar-refractivity contribution is 4.98. The molecule has 1 aliphatic heterocycles. The van der Waals surface area contributed by atoms with Gasteiger partial charge in [0.15, 0.2) is 0 Å². The number of nitrogens with two attached hydrogens (primary N) is 1. The Hall–Kier alpha value is -0.120. The van der Waals surface area contributed by atoms with Crippen LogP contribution in [-0.2, 0) is 4.74 Å². The fraction of sp³-hybridized carbons (Fsp3) is 1.00. The van der Waals surface area contributed by atoms with E-state index < -0.39 is 0 Å². The summed E-state index contributed by atoms with van der Waals surface area (Å²) in [5.74, 6) is 0. The Labute approximate surface area is 107 Å². The SMILES string of the molecule is CCC(CC)N(C)C1(CN)CC(C)OC(C)C1. The van der Waals surface area contributed by atoms with Gasteiger partial charge in [-0.3, -0.25) is 4.90 Å². The Balaban J connectivity index is 2.85. The zero-order valence-corrected chi connectivity index (χ0v) is 12.2. The standard InChI is InChI=1S/C14H30N2O/c1-6-13(7-2)16(5)14(10-15)8-11(3)17-12(4)9-14/h11-13H,6-10,15H2,1-5H3. The van der Waals surface area contributed by atoms with Crippen LogP contribution >= 0.6 is 0 Å². The van der Waals surface area contributed by atoms with Crippen molar-refractivity contribution in [3.63, 3.8) is 0 Å². The van der Waals surface area contributed by atoms with E-state index in [1.165, 1.54) is 12.8 Å². The van der Waals surface area contributed by atoms with Crippen molar-refractivity contribution in [2.45, 2.75) is 77.2 Å². The molecule has 2 N–H and O–H groups in total. The van der Waals surface area contributed by atoms with E-state index in [0.29, 0.717) is 18.2 Å². The van der Waals surface area contributed by atoms with Gasteiger partial charge in [0.2, 0.25) is 0 Å². The van der Waals surface area contributed by atoms with Gasteiger partial charge in [-0.15, -0.1) is 0 Å². The Morgan fingerprint density at radius 1 is 1.24 bits per heavy atom. The highest BCUT2D eigenvalue weighted by Crippen LogP contribution is 2.34. The first-order chi connectivity index (χ1) is 7.99. The molecule has 3 heteroatoms. The van der Waals surface area contributed by atoms with Crippen LogP contribution in [0.2, 0.25) is 0 Å². The van der Waals surface area contributed by atoms with Crippen molar-refractivity contribution in [1.29, 1.82) is 0 Å². The Kier molecular flexibility index (Phi) is 5.42. The molecule has 1 saturated heterocycles. The van der Waals surface area contributed by atoms with Crippen molar-refractivity contribution in [3.05, 3.63) is 0 Å². The van der Waals surface area contributed by atoms with Gasteiger partial charge in [0.25, 0.3) is 0 Å². The van der Waals surface area contributed by atoms with Crippen LogP contribution in [0.15, 0.2) is 0 Å².